The lowest BCUT2D eigenvalue weighted by molar-refractivity contribution is 0.247. The summed E-state index contributed by atoms with van der Waals surface area (Å²) in [6.45, 7) is 8.37. The first-order valence-electron chi connectivity index (χ1n) is 9.47. The van der Waals surface area contributed by atoms with E-state index in [4.69, 9.17) is 6.57 Å². The van der Waals surface area contributed by atoms with Gasteiger partial charge in [0.05, 0.1) is 6.57 Å². The first kappa shape index (κ1) is 16.9. The quantitative estimate of drug-likeness (QED) is 0.605. The Morgan fingerprint density at radius 3 is 2.81 bits per heavy atom. The molecule has 2 unspecified atom stereocenters. The van der Waals surface area contributed by atoms with E-state index in [2.05, 4.69) is 58.3 Å². The van der Waals surface area contributed by atoms with Crippen molar-refractivity contribution in [2.24, 2.45) is 0 Å². The second-order valence-corrected chi connectivity index (χ2v) is 7.47. The molecule has 0 radical (unpaired) electrons. The fourth-order valence-electron chi connectivity index (χ4n) is 4.31. The van der Waals surface area contributed by atoms with Gasteiger partial charge < -0.3 is 9.88 Å². The van der Waals surface area contributed by atoms with E-state index in [-0.39, 0.29) is 0 Å². The Kier molecular flexibility index (Phi) is 4.77. The van der Waals surface area contributed by atoms with Crippen molar-refractivity contribution < 1.29 is 0 Å². The van der Waals surface area contributed by atoms with E-state index < -0.39 is 0 Å². The molecule has 0 spiro atoms. The average molecular weight is 343 g/mol. The first-order chi connectivity index (χ1) is 12.7. The van der Waals surface area contributed by atoms with E-state index in [1.807, 2.05) is 18.2 Å². The maximum absolute atomic E-state index is 7.27. The molecule has 132 valence electrons. The molecule has 1 saturated carbocycles. The van der Waals surface area contributed by atoms with Gasteiger partial charge in [-0.2, -0.15) is 0 Å². The molecule has 3 nitrogen and oxygen atoms in total. The fraction of sp³-hybridized carbons (Fsp3) is 0.348. The number of benzene rings is 2. The molecule has 3 aromatic rings. The number of nitrogens with zero attached hydrogens (tertiary/aromatic N) is 2. The van der Waals surface area contributed by atoms with Crippen LogP contribution in [0.1, 0.15) is 36.3 Å². The lowest BCUT2D eigenvalue weighted by Crippen LogP contribution is -2.31. The molecule has 1 aliphatic carbocycles. The normalized spacial score (nSPS) is 19.9. The van der Waals surface area contributed by atoms with Crippen LogP contribution in [0.2, 0.25) is 0 Å². The Labute approximate surface area is 155 Å². The summed E-state index contributed by atoms with van der Waals surface area (Å²) in [5.74, 6) is 0.592. The van der Waals surface area contributed by atoms with Gasteiger partial charge in [0, 0.05) is 24.3 Å². The Hall–Kier alpha value is -2.57. The van der Waals surface area contributed by atoms with Crippen molar-refractivity contribution in [2.45, 2.75) is 37.6 Å². The van der Waals surface area contributed by atoms with E-state index in [1.165, 1.54) is 35.8 Å². The van der Waals surface area contributed by atoms with Gasteiger partial charge in [-0.3, -0.25) is 0 Å². The van der Waals surface area contributed by atoms with E-state index in [9.17, 15) is 0 Å². The Morgan fingerprint density at radius 1 is 1.15 bits per heavy atom. The molecular weight excluding hydrogens is 318 g/mol. The predicted molar refractivity (Wildman–Crippen MR) is 108 cm³/mol. The minimum atomic E-state index is 0.592. The molecule has 1 heterocycles. The molecule has 0 aliphatic heterocycles. The maximum Gasteiger partial charge on any atom is 0.187 e. The van der Waals surface area contributed by atoms with Gasteiger partial charge in [0.15, 0.2) is 5.69 Å². The highest BCUT2D eigenvalue weighted by Crippen LogP contribution is 2.40. The van der Waals surface area contributed by atoms with Gasteiger partial charge >= 0.3 is 0 Å². The number of aromatic amines is 1. The summed E-state index contributed by atoms with van der Waals surface area (Å²) >= 11 is 0. The van der Waals surface area contributed by atoms with Crippen molar-refractivity contribution in [3.05, 3.63) is 77.3 Å². The molecule has 1 fully saturated rings. The molecule has 0 saturated heterocycles. The highest BCUT2D eigenvalue weighted by molar-refractivity contribution is 5.87. The summed E-state index contributed by atoms with van der Waals surface area (Å²) in [6, 6.07) is 17.4. The van der Waals surface area contributed by atoms with Crippen molar-refractivity contribution >= 4 is 16.6 Å². The van der Waals surface area contributed by atoms with Gasteiger partial charge in [-0.15, -0.1) is 0 Å². The molecule has 2 atom stereocenters. The molecule has 1 aromatic heterocycles. The van der Waals surface area contributed by atoms with Crippen LogP contribution in [0.5, 0.6) is 0 Å². The summed E-state index contributed by atoms with van der Waals surface area (Å²) in [6.07, 6.45) is 6.97. The van der Waals surface area contributed by atoms with Crippen molar-refractivity contribution in [1.82, 2.24) is 9.88 Å². The second kappa shape index (κ2) is 7.35. The predicted octanol–water partition coefficient (Wildman–Crippen LogP) is 5.53. The third-order valence-electron chi connectivity index (χ3n) is 5.89. The van der Waals surface area contributed by atoms with Gasteiger partial charge in [-0.05, 0) is 67.3 Å². The molecule has 1 aliphatic rings. The van der Waals surface area contributed by atoms with Crippen LogP contribution in [0.4, 0.5) is 5.69 Å². The molecule has 1 N–H and O–H groups in total. The minimum absolute atomic E-state index is 0.592. The largest absolute Gasteiger partial charge is 0.361 e. The first-order valence-corrected chi connectivity index (χ1v) is 9.47. The van der Waals surface area contributed by atoms with Crippen LogP contribution in [0.15, 0.2) is 54.7 Å². The summed E-state index contributed by atoms with van der Waals surface area (Å²) in [7, 11) is 2.27. The highest BCUT2D eigenvalue weighted by Gasteiger charge is 2.29. The molecule has 4 rings (SSSR count). The number of rotatable bonds is 5. The van der Waals surface area contributed by atoms with Crippen LogP contribution in [-0.2, 0) is 6.42 Å². The monoisotopic (exact) mass is 343 g/mol. The zero-order valence-electron chi connectivity index (χ0n) is 15.3. The van der Waals surface area contributed by atoms with Crippen LogP contribution in [0.25, 0.3) is 15.7 Å². The average Bonchev–Trinajstić information content (AvgIpc) is 3.33. The maximum atomic E-state index is 7.27. The third-order valence-corrected chi connectivity index (χ3v) is 5.89. The molecule has 0 amide bonds. The third kappa shape index (κ3) is 3.38. The lowest BCUT2D eigenvalue weighted by Gasteiger charge is -2.24. The van der Waals surface area contributed by atoms with Gasteiger partial charge in [0.1, 0.15) is 0 Å². The van der Waals surface area contributed by atoms with E-state index in [0.717, 1.165) is 24.2 Å². The topological polar surface area (TPSA) is 23.4 Å². The number of likely N-dealkylation sites (N-methyl/N-ethyl adjacent to an activating group) is 1. The molecule has 26 heavy (non-hydrogen) atoms. The minimum Gasteiger partial charge on any atom is -0.361 e. The fourth-order valence-corrected chi connectivity index (χ4v) is 4.31. The summed E-state index contributed by atoms with van der Waals surface area (Å²) in [5, 5.41) is 1.23. The Bertz CT molecular complexity index is 920. The Morgan fingerprint density at radius 2 is 2.00 bits per heavy atom. The Balaban J connectivity index is 1.43. The van der Waals surface area contributed by atoms with E-state index in [1.54, 1.807) is 0 Å². The number of hydrogen-bond donors (Lipinski definition) is 1. The lowest BCUT2D eigenvalue weighted by atomic mass is 9.96. The summed E-state index contributed by atoms with van der Waals surface area (Å²) < 4.78 is 0. The summed E-state index contributed by atoms with van der Waals surface area (Å²) in [4.78, 5) is 9.52. The van der Waals surface area contributed by atoms with Gasteiger partial charge in [-0.1, -0.05) is 36.4 Å². The van der Waals surface area contributed by atoms with Crippen molar-refractivity contribution in [3.63, 3.8) is 0 Å². The van der Waals surface area contributed by atoms with Crippen molar-refractivity contribution in [3.8, 4) is 0 Å². The van der Waals surface area contributed by atoms with Crippen molar-refractivity contribution in [1.29, 1.82) is 0 Å². The highest BCUT2D eigenvalue weighted by atomic mass is 15.1. The number of H-pyrrole nitrogens is 1. The van der Waals surface area contributed by atoms with Crippen LogP contribution >= 0.6 is 0 Å². The number of nitrogens with one attached hydrogen (secondary N) is 1. The smallest absolute Gasteiger partial charge is 0.187 e. The standard InChI is InChI=1S/C23H25N3/c1-24-19-9-11-23-21(15-19)22(16-25-23)18-8-10-20(14-18)26(2)13-12-17-6-4-3-5-7-17/h3-7,9,11,15-16,18,20,25H,8,10,12-14H2,2H3. The van der Waals surface area contributed by atoms with Gasteiger partial charge in [-0.25, -0.2) is 4.85 Å². The number of hydrogen-bond acceptors (Lipinski definition) is 1. The molecule has 3 heteroatoms. The van der Waals surface area contributed by atoms with Gasteiger partial charge in [0.25, 0.3) is 0 Å². The zero-order chi connectivity index (χ0) is 17.9. The van der Waals surface area contributed by atoms with Crippen LogP contribution < -0.4 is 0 Å². The molecular formula is C23H25N3. The van der Waals surface area contributed by atoms with Crippen LogP contribution in [0.3, 0.4) is 0 Å². The van der Waals surface area contributed by atoms with Crippen LogP contribution in [-0.4, -0.2) is 29.5 Å². The SMILES string of the molecule is [C-]#[N+]c1ccc2[nH]cc(C3CCC(N(C)CCc4ccccc4)C3)c2c1. The van der Waals surface area contributed by atoms with E-state index >= 15 is 0 Å². The molecule has 0 bridgehead atoms. The summed E-state index contributed by atoms with van der Waals surface area (Å²) in [5.41, 5.74) is 4.68. The number of fused-ring (bicyclic) bond motifs is 1. The van der Waals surface area contributed by atoms with Gasteiger partial charge in [0.2, 0.25) is 0 Å². The zero-order valence-corrected chi connectivity index (χ0v) is 15.3. The number of aromatic nitrogens is 1. The molecule has 2 aromatic carbocycles. The van der Waals surface area contributed by atoms with Crippen molar-refractivity contribution in [2.75, 3.05) is 13.6 Å². The second-order valence-electron chi connectivity index (χ2n) is 7.47. The van der Waals surface area contributed by atoms with E-state index in [0.29, 0.717) is 12.0 Å². The van der Waals surface area contributed by atoms with Crippen LogP contribution in [0, 0.1) is 6.57 Å².